The maximum absolute atomic E-state index is 12.9. The van der Waals surface area contributed by atoms with E-state index in [1.54, 1.807) is 0 Å². The van der Waals surface area contributed by atoms with Gasteiger partial charge in [0, 0.05) is 35.5 Å². The summed E-state index contributed by atoms with van der Waals surface area (Å²) in [6.45, 7) is 4.04. The molecule has 110 valence electrons. The van der Waals surface area contributed by atoms with Gasteiger partial charge in [-0.05, 0) is 37.5 Å². The number of benzene rings is 1. The van der Waals surface area contributed by atoms with Crippen LogP contribution < -0.4 is 5.73 Å². The summed E-state index contributed by atoms with van der Waals surface area (Å²) in [4.78, 5) is 0.867. The van der Waals surface area contributed by atoms with Crippen LogP contribution >= 0.6 is 0 Å². The Labute approximate surface area is 122 Å². The maximum atomic E-state index is 12.9. The maximum Gasteiger partial charge on any atom is 0.0948 e. The van der Waals surface area contributed by atoms with E-state index in [0.717, 1.165) is 36.3 Å². The third kappa shape index (κ3) is 2.62. The summed E-state index contributed by atoms with van der Waals surface area (Å²) in [6.07, 6.45) is 2.56. The molecule has 0 bridgehead atoms. The van der Waals surface area contributed by atoms with Crippen molar-refractivity contribution in [3.63, 3.8) is 0 Å². The summed E-state index contributed by atoms with van der Waals surface area (Å²) in [5.41, 5.74) is 7.34. The molecular weight excluding hydrogens is 274 g/mol. The van der Waals surface area contributed by atoms with Crippen molar-refractivity contribution in [1.82, 2.24) is 0 Å². The molecule has 2 aliphatic rings. The number of rotatable bonds is 2. The van der Waals surface area contributed by atoms with Gasteiger partial charge in [0.15, 0.2) is 0 Å². The Hall–Kier alpha value is -0.910. The average Bonchev–Trinajstić information content (AvgIpc) is 2.88. The molecule has 1 aromatic carbocycles. The standard InChI is InChI=1S/C15H21NO3S/c1-11-2-3-12(16)8-14(11)20(17)13-4-6-19-15(9-13)5-7-18-10-15/h2-3,8,13H,4-7,9-10,16H2,1H3. The normalized spacial score (nSPS) is 31.6. The second-order valence-electron chi connectivity index (χ2n) is 5.77. The number of hydrogen-bond donors (Lipinski definition) is 1. The van der Waals surface area contributed by atoms with E-state index in [1.807, 2.05) is 25.1 Å². The van der Waals surface area contributed by atoms with E-state index in [0.29, 0.717) is 18.9 Å². The summed E-state index contributed by atoms with van der Waals surface area (Å²) in [5.74, 6) is 0. The van der Waals surface area contributed by atoms with Crippen LogP contribution in [0.4, 0.5) is 5.69 Å². The third-order valence-corrected chi connectivity index (χ3v) is 6.13. The van der Waals surface area contributed by atoms with Crippen LogP contribution in [0.1, 0.15) is 24.8 Å². The van der Waals surface area contributed by atoms with Crippen molar-refractivity contribution < 1.29 is 13.7 Å². The molecule has 0 radical (unpaired) electrons. The largest absolute Gasteiger partial charge is 0.399 e. The number of ether oxygens (including phenoxy) is 2. The molecule has 2 saturated heterocycles. The Morgan fingerprint density at radius 2 is 2.25 bits per heavy atom. The van der Waals surface area contributed by atoms with Gasteiger partial charge in [0.25, 0.3) is 0 Å². The SMILES string of the molecule is Cc1ccc(N)cc1S(=O)C1CCOC2(CCOC2)C1. The van der Waals surface area contributed by atoms with Gasteiger partial charge < -0.3 is 15.2 Å². The van der Waals surface area contributed by atoms with Gasteiger partial charge in [-0.25, -0.2) is 0 Å². The zero-order chi connectivity index (χ0) is 14.2. The fraction of sp³-hybridized carbons (Fsp3) is 0.600. The van der Waals surface area contributed by atoms with Crippen molar-refractivity contribution in [3.05, 3.63) is 23.8 Å². The molecule has 4 nitrogen and oxygen atoms in total. The van der Waals surface area contributed by atoms with Crippen LogP contribution in [0.25, 0.3) is 0 Å². The van der Waals surface area contributed by atoms with E-state index < -0.39 is 10.8 Å². The minimum absolute atomic E-state index is 0.131. The lowest BCUT2D eigenvalue weighted by Crippen LogP contribution is -2.43. The molecule has 2 fully saturated rings. The first-order valence-electron chi connectivity index (χ1n) is 7.08. The van der Waals surface area contributed by atoms with Crippen LogP contribution in [0.15, 0.2) is 23.1 Å². The molecule has 0 aliphatic carbocycles. The summed E-state index contributed by atoms with van der Waals surface area (Å²) in [7, 11) is -1.03. The average molecular weight is 295 g/mol. The van der Waals surface area contributed by atoms with Gasteiger partial charge in [-0.15, -0.1) is 0 Å². The predicted molar refractivity (Wildman–Crippen MR) is 79.1 cm³/mol. The van der Waals surface area contributed by atoms with Crippen LogP contribution in [0.5, 0.6) is 0 Å². The summed E-state index contributed by atoms with van der Waals surface area (Å²) >= 11 is 0. The number of nitrogen functional groups attached to an aromatic ring is 1. The number of anilines is 1. The topological polar surface area (TPSA) is 61.6 Å². The Kier molecular flexibility index (Phi) is 3.84. The highest BCUT2D eigenvalue weighted by atomic mass is 32.2. The monoisotopic (exact) mass is 295 g/mol. The fourth-order valence-electron chi connectivity index (χ4n) is 3.04. The van der Waals surface area contributed by atoms with Gasteiger partial charge in [-0.1, -0.05) is 6.07 Å². The van der Waals surface area contributed by atoms with Gasteiger partial charge in [-0.3, -0.25) is 4.21 Å². The molecule has 0 saturated carbocycles. The molecule has 0 aromatic heterocycles. The lowest BCUT2D eigenvalue weighted by molar-refractivity contribution is -0.0774. The highest BCUT2D eigenvalue weighted by molar-refractivity contribution is 7.85. The Bertz CT molecular complexity index is 526. The molecule has 2 heterocycles. The Balaban J connectivity index is 1.81. The summed E-state index contributed by atoms with van der Waals surface area (Å²) in [6, 6.07) is 5.64. The lowest BCUT2D eigenvalue weighted by Gasteiger charge is -2.36. The second kappa shape index (κ2) is 5.47. The first-order chi connectivity index (χ1) is 9.60. The van der Waals surface area contributed by atoms with Crippen molar-refractivity contribution in [2.45, 2.75) is 41.9 Å². The van der Waals surface area contributed by atoms with Crippen LogP contribution in [0.3, 0.4) is 0 Å². The molecule has 2 aliphatic heterocycles. The summed E-state index contributed by atoms with van der Waals surface area (Å²) < 4.78 is 24.3. The minimum atomic E-state index is -1.03. The lowest BCUT2D eigenvalue weighted by atomic mass is 9.93. The van der Waals surface area contributed by atoms with Crippen molar-refractivity contribution in [2.75, 3.05) is 25.6 Å². The fourth-order valence-corrected chi connectivity index (χ4v) is 4.80. The molecule has 3 rings (SSSR count). The molecule has 2 N–H and O–H groups in total. The smallest absolute Gasteiger partial charge is 0.0948 e. The van der Waals surface area contributed by atoms with Gasteiger partial charge in [0.1, 0.15) is 0 Å². The van der Waals surface area contributed by atoms with Crippen molar-refractivity contribution in [2.24, 2.45) is 0 Å². The second-order valence-corrected chi connectivity index (χ2v) is 7.47. The predicted octanol–water partition coefficient (Wildman–Crippen LogP) is 2.02. The molecule has 3 atom stereocenters. The molecule has 0 amide bonds. The Morgan fingerprint density at radius 3 is 3.00 bits per heavy atom. The van der Waals surface area contributed by atoms with Crippen LogP contribution in [0.2, 0.25) is 0 Å². The highest BCUT2D eigenvalue weighted by Gasteiger charge is 2.42. The van der Waals surface area contributed by atoms with Crippen LogP contribution in [-0.2, 0) is 20.3 Å². The van der Waals surface area contributed by atoms with Gasteiger partial charge in [-0.2, -0.15) is 0 Å². The van der Waals surface area contributed by atoms with Gasteiger partial charge in [0.05, 0.1) is 23.0 Å². The van der Waals surface area contributed by atoms with E-state index >= 15 is 0 Å². The van der Waals surface area contributed by atoms with E-state index in [9.17, 15) is 4.21 Å². The molecule has 5 heteroatoms. The minimum Gasteiger partial charge on any atom is -0.399 e. The molecule has 20 heavy (non-hydrogen) atoms. The summed E-state index contributed by atoms with van der Waals surface area (Å²) in [5, 5.41) is 0.131. The number of aryl methyl sites for hydroxylation is 1. The first-order valence-corrected chi connectivity index (χ1v) is 8.29. The zero-order valence-electron chi connectivity index (χ0n) is 11.8. The van der Waals surface area contributed by atoms with Crippen LogP contribution in [0, 0.1) is 6.92 Å². The molecular formula is C15H21NO3S. The molecule has 1 aromatic rings. The zero-order valence-corrected chi connectivity index (χ0v) is 12.6. The molecule has 3 unspecified atom stereocenters. The van der Waals surface area contributed by atoms with Gasteiger partial charge in [0.2, 0.25) is 0 Å². The Morgan fingerprint density at radius 1 is 1.40 bits per heavy atom. The number of hydrogen-bond acceptors (Lipinski definition) is 4. The van der Waals surface area contributed by atoms with E-state index in [4.69, 9.17) is 15.2 Å². The quantitative estimate of drug-likeness (QED) is 0.848. The van der Waals surface area contributed by atoms with Gasteiger partial charge >= 0.3 is 0 Å². The third-order valence-electron chi connectivity index (χ3n) is 4.25. The molecule has 1 spiro atoms. The highest BCUT2D eigenvalue weighted by Crippen LogP contribution is 2.36. The van der Waals surface area contributed by atoms with E-state index in [2.05, 4.69) is 0 Å². The van der Waals surface area contributed by atoms with E-state index in [-0.39, 0.29) is 10.9 Å². The van der Waals surface area contributed by atoms with Crippen LogP contribution in [-0.4, -0.2) is 34.9 Å². The first kappa shape index (κ1) is 14.0. The van der Waals surface area contributed by atoms with E-state index in [1.165, 1.54) is 0 Å². The number of nitrogens with two attached hydrogens (primary N) is 1. The van der Waals surface area contributed by atoms with Crippen molar-refractivity contribution in [1.29, 1.82) is 0 Å². The van der Waals surface area contributed by atoms with Crippen molar-refractivity contribution >= 4 is 16.5 Å². The van der Waals surface area contributed by atoms with Crippen molar-refractivity contribution in [3.8, 4) is 0 Å².